The Morgan fingerprint density at radius 3 is 2.11 bits per heavy atom. The molecule has 162 valence electrons. The van der Waals surface area contributed by atoms with Crippen LogP contribution in [0.4, 0.5) is 13.2 Å². The van der Waals surface area contributed by atoms with Crippen LogP contribution in [-0.4, -0.2) is 65.9 Å². The third-order valence-electron chi connectivity index (χ3n) is 6.37. The molecule has 6 nitrogen and oxygen atoms in total. The van der Waals surface area contributed by atoms with Crippen LogP contribution in [-0.2, 0) is 19.6 Å². The Kier molecular flexibility index (Phi) is 6.32. The monoisotopic (exact) mass is 426 g/mol. The summed E-state index contributed by atoms with van der Waals surface area (Å²) < 4.78 is 69.6. The first kappa shape index (κ1) is 21.8. The van der Waals surface area contributed by atoms with Crippen molar-refractivity contribution in [1.29, 1.82) is 0 Å². The van der Waals surface area contributed by atoms with Crippen LogP contribution in [0.2, 0.25) is 0 Å². The zero-order valence-corrected chi connectivity index (χ0v) is 17.1. The summed E-state index contributed by atoms with van der Waals surface area (Å²) in [5.74, 6) is -0.0359. The van der Waals surface area contributed by atoms with Gasteiger partial charge < -0.3 is 4.90 Å². The molecule has 0 spiro atoms. The van der Waals surface area contributed by atoms with Crippen LogP contribution in [0.1, 0.15) is 65.2 Å². The van der Waals surface area contributed by atoms with Gasteiger partial charge in [-0.1, -0.05) is 12.8 Å². The van der Waals surface area contributed by atoms with E-state index in [-0.39, 0.29) is 56.3 Å². The molecule has 10 heteroatoms. The number of hydrogen-bond donors (Lipinski definition) is 0. The van der Waals surface area contributed by atoms with E-state index < -0.39 is 27.7 Å². The van der Waals surface area contributed by atoms with Crippen molar-refractivity contribution in [3.63, 3.8) is 0 Å². The van der Waals surface area contributed by atoms with E-state index in [1.165, 1.54) is 6.92 Å². The van der Waals surface area contributed by atoms with Gasteiger partial charge in [-0.3, -0.25) is 9.53 Å². The van der Waals surface area contributed by atoms with E-state index in [1.807, 2.05) is 11.8 Å². The number of ether oxygens (including phenoxy) is 1. The van der Waals surface area contributed by atoms with Crippen molar-refractivity contribution >= 4 is 15.9 Å². The number of hydrogen-bond acceptors (Lipinski definition) is 4. The van der Waals surface area contributed by atoms with E-state index in [2.05, 4.69) is 4.74 Å². The number of halogens is 3. The highest BCUT2D eigenvalue weighted by molar-refractivity contribution is 7.89. The van der Waals surface area contributed by atoms with Gasteiger partial charge in [0.1, 0.15) is 0 Å². The number of alkyl halides is 3. The Balaban J connectivity index is 1.73. The Hall–Kier alpha value is -0.870. The number of carbonyl (C=O) groups excluding carboxylic acids is 1. The molecule has 3 aliphatic rings. The molecular formula is C18H29F3N2O4S. The maximum atomic E-state index is 13.4. The Bertz CT molecular complexity index is 677. The van der Waals surface area contributed by atoms with Crippen molar-refractivity contribution in [2.45, 2.75) is 101 Å². The van der Waals surface area contributed by atoms with Gasteiger partial charge in [-0.05, 0) is 45.4 Å². The maximum absolute atomic E-state index is 13.4. The van der Waals surface area contributed by atoms with E-state index in [0.717, 1.165) is 19.3 Å². The largest absolute Gasteiger partial charge is 0.522 e. The summed E-state index contributed by atoms with van der Waals surface area (Å²) in [6.07, 6.45) is -1.78. The second kappa shape index (κ2) is 8.10. The van der Waals surface area contributed by atoms with Gasteiger partial charge in [0.05, 0.1) is 11.4 Å². The second-order valence-electron chi connectivity index (χ2n) is 8.27. The van der Waals surface area contributed by atoms with E-state index in [0.29, 0.717) is 6.42 Å². The van der Waals surface area contributed by atoms with Gasteiger partial charge in [0.2, 0.25) is 15.9 Å². The van der Waals surface area contributed by atoms with Gasteiger partial charge >= 0.3 is 6.36 Å². The van der Waals surface area contributed by atoms with Crippen LogP contribution in [0.3, 0.4) is 0 Å². The highest BCUT2D eigenvalue weighted by Gasteiger charge is 2.49. The fourth-order valence-electron chi connectivity index (χ4n) is 5.23. The molecule has 3 atom stereocenters. The molecule has 3 fully saturated rings. The third-order valence-corrected chi connectivity index (χ3v) is 8.76. The number of rotatable bonds is 3. The summed E-state index contributed by atoms with van der Waals surface area (Å²) in [5, 5.41) is -0.681. The Morgan fingerprint density at radius 2 is 1.57 bits per heavy atom. The van der Waals surface area contributed by atoms with Crippen molar-refractivity contribution in [3.8, 4) is 0 Å². The van der Waals surface area contributed by atoms with Crippen molar-refractivity contribution in [2.75, 3.05) is 6.54 Å². The fraction of sp³-hybridized carbons (Fsp3) is 0.944. The van der Waals surface area contributed by atoms with E-state index in [4.69, 9.17) is 0 Å². The molecule has 0 radical (unpaired) electrons. The zero-order valence-electron chi connectivity index (χ0n) is 16.3. The molecule has 3 rings (SSSR count). The number of amides is 1. The van der Waals surface area contributed by atoms with Crippen LogP contribution >= 0.6 is 0 Å². The van der Waals surface area contributed by atoms with Crippen molar-refractivity contribution in [2.24, 2.45) is 0 Å². The summed E-state index contributed by atoms with van der Waals surface area (Å²) in [5.41, 5.74) is 0. The predicted molar refractivity (Wildman–Crippen MR) is 96.8 cm³/mol. The molecule has 1 aliphatic heterocycles. The van der Waals surface area contributed by atoms with E-state index in [9.17, 15) is 26.4 Å². The number of carbonyl (C=O) groups is 1. The Labute approximate surface area is 164 Å². The average Bonchev–Trinajstić information content (AvgIpc) is 2.59. The van der Waals surface area contributed by atoms with Crippen LogP contribution in [0.15, 0.2) is 0 Å². The molecule has 0 N–H and O–H groups in total. The van der Waals surface area contributed by atoms with Crippen molar-refractivity contribution in [1.82, 2.24) is 9.21 Å². The molecule has 0 aromatic carbocycles. The number of fused-ring (bicyclic) bond motifs is 1. The first-order chi connectivity index (χ1) is 13.0. The lowest BCUT2D eigenvalue weighted by atomic mass is 9.86. The highest BCUT2D eigenvalue weighted by atomic mass is 32.2. The number of sulfonamides is 1. The van der Waals surface area contributed by atoms with Crippen LogP contribution < -0.4 is 0 Å². The van der Waals surface area contributed by atoms with E-state index in [1.54, 1.807) is 4.31 Å². The minimum absolute atomic E-state index is 0.0359. The molecule has 0 aromatic rings. The smallest absolute Gasteiger partial charge is 0.334 e. The van der Waals surface area contributed by atoms with Gasteiger partial charge in [0, 0.05) is 31.6 Å². The molecule has 0 bridgehead atoms. The minimum atomic E-state index is -4.69. The lowest BCUT2D eigenvalue weighted by molar-refractivity contribution is -0.345. The van der Waals surface area contributed by atoms with Gasteiger partial charge in [-0.25, -0.2) is 8.42 Å². The van der Waals surface area contributed by atoms with Gasteiger partial charge in [-0.15, -0.1) is 13.2 Å². The first-order valence-electron chi connectivity index (χ1n) is 10.0. The third kappa shape index (κ3) is 4.48. The molecule has 2 aliphatic carbocycles. The number of piperazine rings is 1. The first-order valence-corrected chi connectivity index (χ1v) is 11.5. The molecule has 2 unspecified atom stereocenters. The summed E-state index contributed by atoms with van der Waals surface area (Å²) in [4.78, 5) is 13.9. The molecular weight excluding hydrogens is 397 g/mol. The second-order valence-corrected chi connectivity index (χ2v) is 10.4. The highest BCUT2D eigenvalue weighted by Crippen LogP contribution is 2.38. The van der Waals surface area contributed by atoms with Crippen LogP contribution in [0, 0.1) is 0 Å². The molecule has 1 saturated heterocycles. The normalized spacial score (nSPS) is 35.5. The summed E-state index contributed by atoms with van der Waals surface area (Å²) in [7, 11) is -3.65. The summed E-state index contributed by atoms with van der Waals surface area (Å²) in [6.45, 7) is 3.64. The SMILES string of the molecule is CC(=O)N1C2CCCCC2N(S(=O)(=O)C2CCC(OC(F)(F)F)CC2)C[C@@H]1C. The molecule has 2 saturated carbocycles. The molecule has 28 heavy (non-hydrogen) atoms. The lowest BCUT2D eigenvalue weighted by Crippen LogP contribution is -2.67. The standard InChI is InChI=1S/C18H29F3N2O4S/c1-12-11-22(16-5-3-4-6-17(16)23(12)13(2)24)28(25,26)15-9-7-14(8-10-15)27-18(19,20)21/h12,14-17H,3-11H2,1-2H3/t12-,14?,15?,16?,17?/m0/s1. The van der Waals surface area contributed by atoms with Gasteiger partial charge in [0.25, 0.3) is 0 Å². The quantitative estimate of drug-likeness (QED) is 0.696. The van der Waals surface area contributed by atoms with Crippen LogP contribution in [0.25, 0.3) is 0 Å². The Morgan fingerprint density at radius 1 is 1.00 bits per heavy atom. The van der Waals surface area contributed by atoms with Crippen LogP contribution in [0.5, 0.6) is 0 Å². The molecule has 0 aromatic heterocycles. The van der Waals surface area contributed by atoms with Gasteiger partial charge in [0.15, 0.2) is 0 Å². The average molecular weight is 427 g/mol. The van der Waals surface area contributed by atoms with Gasteiger partial charge in [-0.2, -0.15) is 4.31 Å². The predicted octanol–water partition coefficient (Wildman–Crippen LogP) is 3.03. The summed E-state index contributed by atoms with van der Waals surface area (Å²) in [6, 6.07) is -0.561. The number of nitrogens with zero attached hydrogens (tertiary/aromatic N) is 2. The lowest BCUT2D eigenvalue weighted by Gasteiger charge is -2.52. The zero-order chi connectivity index (χ0) is 20.7. The van der Waals surface area contributed by atoms with E-state index >= 15 is 0 Å². The molecule has 1 heterocycles. The minimum Gasteiger partial charge on any atom is -0.334 e. The summed E-state index contributed by atoms with van der Waals surface area (Å²) >= 11 is 0. The topological polar surface area (TPSA) is 66.9 Å². The molecule has 1 amide bonds. The van der Waals surface area contributed by atoms with Crippen molar-refractivity contribution < 1.29 is 31.1 Å². The van der Waals surface area contributed by atoms with Crippen molar-refractivity contribution in [3.05, 3.63) is 0 Å². The maximum Gasteiger partial charge on any atom is 0.522 e. The fourth-order valence-corrected chi connectivity index (χ4v) is 7.53.